The maximum absolute atomic E-state index is 12.2. The SMILES string of the molecule is Nc1cc(S(=O)(=O)CCCC(F)(F)F)ccc1NCC1CCN(C(=O)O)CC1. The molecule has 1 saturated heterocycles. The van der Waals surface area contributed by atoms with Crippen LogP contribution in [0.15, 0.2) is 23.1 Å². The predicted molar refractivity (Wildman–Crippen MR) is 99.0 cm³/mol. The molecule has 2 rings (SSSR count). The summed E-state index contributed by atoms with van der Waals surface area (Å²) in [6.45, 7) is 1.49. The predicted octanol–water partition coefficient (Wildman–Crippen LogP) is 3.19. The normalized spacial score (nSPS) is 16.2. The van der Waals surface area contributed by atoms with E-state index in [1.165, 1.54) is 23.1 Å². The Labute approximate surface area is 161 Å². The van der Waals surface area contributed by atoms with Gasteiger partial charge in [0, 0.05) is 26.1 Å². The fraction of sp³-hybridized carbons (Fsp3) is 0.588. The number of nitrogens with two attached hydrogens (primary N) is 1. The molecular weight excluding hydrogens is 399 g/mol. The van der Waals surface area contributed by atoms with E-state index in [1.54, 1.807) is 0 Å². The average Bonchev–Trinajstić information content (AvgIpc) is 2.59. The molecule has 28 heavy (non-hydrogen) atoms. The molecule has 0 radical (unpaired) electrons. The van der Waals surface area contributed by atoms with Gasteiger partial charge in [-0.1, -0.05) is 0 Å². The molecule has 0 spiro atoms. The van der Waals surface area contributed by atoms with Crippen LogP contribution in [0.25, 0.3) is 0 Å². The third-order valence-corrected chi connectivity index (χ3v) is 6.52. The van der Waals surface area contributed by atoms with Gasteiger partial charge in [-0.15, -0.1) is 0 Å². The second kappa shape index (κ2) is 8.89. The third kappa shape index (κ3) is 6.47. The Morgan fingerprint density at radius 1 is 1.29 bits per heavy atom. The van der Waals surface area contributed by atoms with Crippen molar-refractivity contribution < 1.29 is 31.5 Å². The molecular formula is C17H24F3N3O4S. The van der Waals surface area contributed by atoms with Gasteiger partial charge in [0.2, 0.25) is 0 Å². The van der Waals surface area contributed by atoms with Gasteiger partial charge in [0.25, 0.3) is 0 Å². The van der Waals surface area contributed by atoms with Crippen LogP contribution in [0.3, 0.4) is 0 Å². The molecule has 11 heteroatoms. The van der Waals surface area contributed by atoms with Crippen LogP contribution in [0.5, 0.6) is 0 Å². The summed E-state index contributed by atoms with van der Waals surface area (Å²) in [5.74, 6) is -0.332. The molecule has 0 saturated carbocycles. The van der Waals surface area contributed by atoms with Crippen molar-refractivity contribution in [2.24, 2.45) is 5.92 Å². The number of nitrogens with one attached hydrogen (secondary N) is 1. The van der Waals surface area contributed by atoms with Crippen LogP contribution in [0.2, 0.25) is 0 Å². The van der Waals surface area contributed by atoms with Gasteiger partial charge in [-0.25, -0.2) is 13.2 Å². The Bertz CT molecular complexity index is 791. The van der Waals surface area contributed by atoms with E-state index in [2.05, 4.69) is 5.32 Å². The van der Waals surface area contributed by atoms with Crippen LogP contribution in [-0.2, 0) is 9.84 Å². The van der Waals surface area contributed by atoms with Crippen molar-refractivity contribution >= 4 is 27.3 Å². The van der Waals surface area contributed by atoms with Crippen LogP contribution in [0.4, 0.5) is 29.3 Å². The van der Waals surface area contributed by atoms with Crippen LogP contribution in [0, 0.1) is 5.92 Å². The summed E-state index contributed by atoms with van der Waals surface area (Å²) >= 11 is 0. The summed E-state index contributed by atoms with van der Waals surface area (Å²) in [6, 6.07) is 4.07. The molecule has 0 aliphatic carbocycles. The summed E-state index contributed by atoms with van der Waals surface area (Å²) < 4.78 is 60.9. The average molecular weight is 423 g/mol. The van der Waals surface area contributed by atoms with Crippen LogP contribution in [0.1, 0.15) is 25.7 Å². The number of hydrogen-bond acceptors (Lipinski definition) is 5. The number of benzene rings is 1. The van der Waals surface area contributed by atoms with E-state index in [0.29, 0.717) is 38.2 Å². The molecule has 1 amide bonds. The lowest BCUT2D eigenvalue weighted by Gasteiger charge is -2.30. The van der Waals surface area contributed by atoms with Crippen LogP contribution >= 0.6 is 0 Å². The molecule has 1 aliphatic rings. The number of likely N-dealkylation sites (tertiary alicyclic amines) is 1. The first-order chi connectivity index (χ1) is 13.0. The number of anilines is 2. The third-order valence-electron chi connectivity index (χ3n) is 4.72. The Hall–Kier alpha value is -2.17. The van der Waals surface area contributed by atoms with Crippen molar-refractivity contribution in [3.63, 3.8) is 0 Å². The number of alkyl halides is 3. The molecule has 1 heterocycles. The van der Waals surface area contributed by atoms with Crippen molar-refractivity contribution in [2.45, 2.75) is 36.8 Å². The van der Waals surface area contributed by atoms with Crippen molar-refractivity contribution in [3.8, 4) is 0 Å². The Morgan fingerprint density at radius 3 is 2.46 bits per heavy atom. The zero-order valence-electron chi connectivity index (χ0n) is 15.2. The second-order valence-electron chi connectivity index (χ2n) is 6.88. The van der Waals surface area contributed by atoms with E-state index in [4.69, 9.17) is 10.8 Å². The molecule has 0 atom stereocenters. The summed E-state index contributed by atoms with van der Waals surface area (Å²) in [5, 5.41) is 12.1. The number of sulfone groups is 1. The zero-order valence-corrected chi connectivity index (χ0v) is 16.0. The molecule has 1 fully saturated rings. The quantitative estimate of drug-likeness (QED) is 0.581. The molecule has 7 nitrogen and oxygen atoms in total. The second-order valence-corrected chi connectivity index (χ2v) is 8.99. The lowest BCUT2D eigenvalue weighted by atomic mass is 9.97. The number of nitrogen functional groups attached to an aromatic ring is 1. The summed E-state index contributed by atoms with van der Waals surface area (Å²) in [5.41, 5.74) is 6.63. The Kier molecular flexibility index (Phi) is 7.02. The van der Waals surface area contributed by atoms with Crippen molar-refractivity contribution in [2.75, 3.05) is 36.4 Å². The Balaban J connectivity index is 1.90. The van der Waals surface area contributed by atoms with Gasteiger partial charge in [0.1, 0.15) is 0 Å². The first-order valence-electron chi connectivity index (χ1n) is 8.89. The fourth-order valence-electron chi connectivity index (χ4n) is 3.06. The summed E-state index contributed by atoms with van der Waals surface area (Å²) in [4.78, 5) is 12.2. The van der Waals surface area contributed by atoms with E-state index in [1.807, 2.05) is 0 Å². The van der Waals surface area contributed by atoms with Crippen molar-refractivity contribution in [3.05, 3.63) is 18.2 Å². The van der Waals surface area contributed by atoms with E-state index in [0.717, 1.165) is 0 Å². The molecule has 1 aromatic rings. The van der Waals surface area contributed by atoms with E-state index in [9.17, 15) is 26.4 Å². The van der Waals surface area contributed by atoms with Crippen molar-refractivity contribution in [1.29, 1.82) is 0 Å². The topological polar surface area (TPSA) is 113 Å². The van der Waals surface area contributed by atoms with Crippen LogP contribution < -0.4 is 11.1 Å². The number of amides is 1. The maximum atomic E-state index is 12.2. The number of hydrogen-bond donors (Lipinski definition) is 3. The standard InChI is InChI=1S/C17H24F3N3O4S/c18-17(19,20)6-1-9-28(26,27)13-2-3-15(14(21)10-13)22-11-12-4-7-23(8-5-12)16(24)25/h2-3,10,12,22H,1,4-9,11,21H2,(H,24,25). The highest BCUT2D eigenvalue weighted by Gasteiger charge is 2.28. The minimum absolute atomic E-state index is 0.104. The van der Waals surface area contributed by atoms with Gasteiger partial charge >= 0.3 is 12.3 Å². The highest BCUT2D eigenvalue weighted by atomic mass is 32.2. The molecule has 1 aliphatic heterocycles. The number of carbonyl (C=O) groups is 1. The van der Waals surface area contributed by atoms with Gasteiger partial charge in [0.15, 0.2) is 9.84 Å². The molecule has 0 bridgehead atoms. The zero-order chi connectivity index (χ0) is 20.9. The molecule has 158 valence electrons. The molecule has 4 N–H and O–H groups in total. The lowest BCUT2D eigenvalue weighted by molar-refractivity contribution is -0.134. The number of halogens is 3. The summed E-state index contributed by atoms with van der Waals surface area (Å²) in [7, 11) is -3.84. The Morgan fingerprint density at radius 2 is 1.93 bits per heavy atom. The van der Waals surface area contributed by atoms with Gasteiger partial charge in [-0.05, 0) is 43.4 Å². The lowest BCUT2D eigenvalue weighted by Crippen LogP contribution is -2.39. The number of carboxylic acid groups (broad SMARTS) is 1. The number of nitrogens with zero attached hydrogens (tertiary/aromatic N) is 1. The molecule has 1 aromatic carbocycles. The van der Waals surface area contributed by atoms with E-state index < -0.39 is 40.7 Å². The van der Waals surface area contributed by atoms with Crippen LogP contribution in [-0.4, -0.2) is 56.1 Å². The van der Waals surface area contributed by atoms with Crippen molar-refractivity contribution in [1.82, 2.24) is 4.90 Å². The van der Waals surface area contributed by atoms with Gasteiger partial charge in [0.05, 0.1) is 22.0 Å². The highest BCUT2D eigenvalue weighted by Crippen LogP contribution is 2.27. The highest BCUT2D eigenvalue weighted by molar-refractivity contribution is 7.91. The largest absolute Gasteiger partial charge is 0.465 e. The first-order valence-corrected chi connectivity index (χ1v) is 10.5. The molecule has 0 aromatic heterocycles. The van der Waals surface area contributed by atoms with Gasteiger partial charge in [-0.2, -0.15) is 13.2 Å². The monoisotopic (exact) mass is 423 g/mol. The maximum Gasteiger partial charge on any atom is 0.407 e. The van der Waals surface area contributed by atoms with E-state index >= 15 is 0 Å². The minimum Gasteiger partial charge on any atom is -0.465 e. The summed E-state index contributed by atoms with van der Waals surface area (Å²) in [6.07, 6.45) is -5.54. The minimum atomic E-state index is -4.39. The molecule has 0 unspecified atom stereocenters. The smallest absolute Gasteiger partial charge is 0.407 e. The van der Waals surface area contributed by atoms with E-state index in [-0.39, 0.29) is 16.5 Å². The number of piperidine rings is 1. The van der Waals surface area contributed by atoms with Gasteiger partial charge < -0.3 is 21.1 Å². The fourth-order valence-corrected chi connectivity index (χ4v) is 4.40. The van der Waals surface area contributed by atoms with Gasteiger partial charge in [-0.3, -0.25) is 0 Å². The first kappa shape index (κ1) is 22.1. The number of rotatable bonds is 7.